The number of carbonyl (C=O) groups excluding carboxylic acids is 1. The predicted octanol–water partition coefficient (Wildman–Crippen LogP) is 2.67. The number of likely N-dealkylation sites (tertiary alicyclic amines) is 1. The van der Waals surface area contributed by atoms with Crippen LogP contribution in [0.25, 0.3) is 5.69 Å². The van der Waals surface area contributed by atoms with Gasteiger partial charge in [0.2, 0.25) is 5.43 Å². The summed E-state index contributed by atoms with van der Waals surface area (Å²) in [6.45, 7) is 6.38. The van der Waals surface area contributed by atoms with Crippen LogP contribution in [-0.4, -0.2) is 46.3 Å². The van der Waals surface area contributed by atoms with Crippen LogP contribution in [0.15, 0.2) is 35.1 Å². The van der Waals surface area contributed by atoms with E-state index in [4.69, 9.17) is 0 Å². The lowest BCUT2D eigenvalue weighted by atomic mass is 10.0. The normalized spacial score (nSPS) is 17.5. The Kier molecular flexibility index (Phi) is 6.57. The van der Waals surface area contributed by atoms with Crippen LogP contribution in [0.3, 0.4) is 0 Å². The fraction of sp³-hybridized carbons (Fsp3) is 0.476. The van der Waals surface area contributed by atoms with Crippen LogP contribution in [0, 0.1) is 12.7 Å². The zero-order chi connectivity index (χ0) is 20.1. The van der Waals surface area contributed by atoms with Gasteiger partial charge in [-0.1, -0.05) is 18.6 Å². The minimum absolute atomic E-state index is 0.202. The Hall–Kier alpha value is -2.54. The summed E-state index contributed by atoms with van der Waals surface area (Å²) in [4.78, 5) is 27.1. The summed E-state index contributed by atoms with van der Waals surface area (Å²) in [5, 5.41) is 6.90. The van der Waals surface area contributed by atoms with E-state index >= 15 is 0 Å². The molecule has 6 nitrogen and oxygen atoms in total. The number of rotatable bonds is 6. The number of hydrogen-bond donors (Lipinski definition) is 1. The monoisotopic (exact) mass is 386 g/mol. The van der Waals surface area contributed by atoms with Crippen LogP contribution in [0.5, 0.6) is 0 Å². The molecular formula is C21H27FN4O2. The van der Waals surface area contributed by atoms with Gasteiger partial charge >= 0.3 is 0 Å². The molecule has 1 N–H and O–H groups in total. The van der Waals surface area contributed by atoms with E-state index in [9.17, 15) is 14.0 Å². The minimum atomic E-state index is -0.526. The molecule has 1 aliphatic rings. The smallest absolute Gasteiger partial charge is 0.275 e. The highest BCUT2D eigenvalue weighted by atomic mass is 19.1. The maximum atomic E-state index is 14.1. The van der Waals surface area contributed by atoms with E-state index in [1.807, 2.05) is 0 Å². The van der Waals surface area contributed by atoms with E-state index in [-0.39, 0.29) is 11.4 Å². The van der Waals surface area contributed by atoms with Crippen LogP contribution in [-0.2, 0) is 0 Å². The first-order valence-electron chi connectivity index (χ1n) is 9.85. The van der Waals surface area contributed by atoms with Crippen LogP contribution in [0.1, 0.15) is 48.8 Å². The molecule has 7 heteroatoms. The Bertz CT molecular complexity index is 896. The van der Waals surface area contributed by atoms with Gasteiger partial charge in [0.15, 0.2) is 5.69 Å². The molecule has 28 heavy (non-hydrogen) atoms. The quantitative estimate of drug-likeness (QED) is 0.775. The van der Waals surface area contributed by atoms with E-state index in [1.165, 1.54) is 36.1 Å². The topological polar surface area (TPSA) is 67.2 Å². The molecule has 1 saturated heterocycles. The second kappa shape index (κ2) is 9.10. The second-order valence-electron chi connectivity index (χ2n) is 7.35. The lowest BCUT2D eigenvalue weighted by Crippen LogP contribution is -2.39. The third-order valence-corrected chi connectivity index (χ3v) is 5.25. The Labute approximate surface area is 164 Å². The number of aryl methyl sites for hydroxylation is 1. The molecule has 3 rings (SSSR count). The molecule has 2 aromatic rings. The van der Waals surface area contributed by atoms with Crippen molar-refractivity contribution in [3.8, 4) is 5.69 Å². The van der Waals surface area contributed by atoms with Gasteiger partial charge in [-0.2, -0.15) is 5.10 Å². The van der Waals surface area contributed by atoms with Gasteiger partial charge in [0.1, 0.15) is 11.5 Å². The Balaban J connectivity index is 1.66. The lowest BCUT2D eigenvalue weighted by Gasteiger charge is -2.33. The Morgan fingerprint density at radius 1 is 1.32 bits per heavy atom. The highest BCUT2D eigenvalue weighted by molar-refractivity contribution is 5.92. The highest BCUT2D eigenvalue weighted by Gasteiger charge is 2.19. The molecule has 1 amide bonds. The minimum Gasteiger partial charge on any atom is -0.350 e. The largest absolute Gasteiger partial charge is 0.350 e. The molecule has 1 aromatic carbocycles. The van der Waals surface area contributed by atoms with Gasteiger partial charge in [0, 0.05) is 30.9 Å². The van der Waals surface area contributed by atoms with Gasteiger partial charge < -0.3 is 10.2 Å². The van der Waals surface area contributed by atoms with Gasteiger partial charge in [0.25, 0.3) is 5.91 Å². The van der Waals surface area contributed by atoms with E-state index in [0.717, 1.165) is 19.5 Å². The number of benzene rings is 1. The summed E-state index contributed by atoms with van der Waals surface area (Å²) in [6, 6.07) is 8.02. The van der Waals surface area contributed by atoms with Crippen LogP contribution in [0.4, 0.5) is 4.39 Å². The molecular weight excluding hydrogens is 359 g/mol. The summed E-state index contributed by atoms with van der Waals surface area (Å²) in [6.07, 6.45) is 4.53. The van der Waals surface area contributed by atoms with Crippen LogP contribution >= 0.6 is 0 Å². The standard InChI is InChI=1S/C21H27FN4O2/c1-15-8-5-6-12-25(15)13-7-11-23-21(28)20-19(27)14-16(2)26(24-20)18-10-4-3-9-17(18)22/h3-4,9-10,14-15H,5-8,11-13H2,1-2H3,(H,23,28). The van der Waals surface area contributed by atoms with E-state index < -0.39 is 17.2 Å². The fourth-order valence-corrected chi connectivity index (χ4v) is 3.63. The Morgan fingerprint density at radius 3 is 2.86 bits per heavy atom. The van der Waals surface area contributed by atoms with Crippen molar-refractivity contribution in [3.63, 3.8) is 0 Å². The van der Waals surface area contributed by atoms with E-state index in [1.54, 1.807) is 25.1 Å². The summed E-state index contributed by atoms with van der Waals surface area (Å²) in [5.74, 6) is -0.995. The van der Waals surface area contributed by atoms with E-state index in [2.05, 4.69) is 22.2 Å². The second-order valence-corrected chi connectivity index (χ2v) is 7.35. The highest BCUT2D eigenvalue weighted by Crippen LogP contribution is 2.16. The number of amides is 1. The molecule has 150 valence electrons. The lowest BCUT2D eigenvalue weighted by molar-refractivity contribution is 0.0941. The van der Waals surface area contributed by atoms with E-state index in [0.29, 0.717) is 18.3 Å². The third-order valence-electron chi connectivity index (χ3n) is 5.25. The van der Waals surface area contributed by atoms with Crippen molar-refractivity contribution < 1.29 is 9.18 Å². The predicted molar refractivity (Wildman–Crippen MR) is 106 cm³/mol. The zero-order valence-corrected chi connectivity index (χ0v) is 16.4. The van der Waals surface area contributed by atoms with Gasteiger partial charge in [0.05, 0.1) is 0 Å². The molecule has 1 atom stereocenters. The number of carbonyl (C=O) groups is 1. The maximum absolute atomic E-state index is 14.1. The van der Waals surface area contributed by atoms with Crippen molar-refractivity contribution in [3.05, 3.63) is 57.8 Å². The average molecular weight is 386 g/mol. The molecule has 0 bridgehead atoms. The number of piperidine rings is 1. The maximum Gasteiger partial charge on any atom is 0.275 e. The van der Waals surface area contributed by atoms with Crippen molar-refractivity contribution in [1.29, 1.82) is 0 Å². The Morgan fingerprint density at radius 2 is 2.11 bits per heavy atom. The molecule has 0 radical (unpaired) electrons. The van der Waals surface area contributed by atoms with Gasteiger partial charge in [-0.25, -0.2) is 9.07 Å². The number of nitrogens with zero attached hydrogens (tertiary/aromatic N) is 3. The number of nitrogens with one attached hydrogen (secondary N) is 1. The van der Waals surface area contributed by atoms with Gasteiger partial charge in [-0.05, 0) is 51.8 Å². The first-order valence-corrected chi connectivity index (χ1v) is 9.85. The summed E-state index contributed by atoms with van der Waals surface area (Å²) < 4.78 is 15.4. The van der Waals surface area contributed by atoms with Gasteiger partial charge in [-0.3, -0.25) is 9.59 Å². The molecule has 1 unspecified atom stereocenters. The van der Waals surface area contributed by atoms with Crippen LogP contribution < -0.4 is 10.7 Å². The zero-order valence-electron chi connectivity index (χ0n) is 16.4. The fourth-order valence-electron chi connectivity index (χ4n) is 3.63. The molecule has 0 spiro atoms. The number of para-hydroxylation sites is 1. The van der Waals surface area contributed by atoms with Crippen molar-refractivity contribution in [2.75, 3.05) is 19.6 Å². The number of aromatic nitrogens is 2. The van der Waals surface area contributed by atoms with Crippen molar-refractivity contribution >= 4 is 5.91 Å². The summed E-state index contributed by atoms with van der Waals surface area (Å²) >= 11 is 0. The molecule has 2 heterocycles. The van der Waals surface area contributed by atoms with Gasteiger partial charge in [-0.15, -0.1) is 0 Å². The average Bonchev–Trinajstić information content (AvgIpc) is 2.67. The van der Waals surface area contributed by atoms with Crippen molar-refractivity contribution in [1.82, 2.24) is 20.0 Å². The third kappa shape index (κ3) is 4.65. The van der Waals surface area contributed by atoms with Crippen molar-refractivity contribution in [2.45, 2.75) is 45.6 Å². The molecule has 1 aliphatic heterocycles. The first kappa shape index (κ1) is 20.2. The summed E-state index contributed by atoms with van der Waals surface area (Å²) in [5.41, 5.74) is -0.0219. The molecule has 1 fully saturated rings. The molecule has 0 saturated carbocycles. The number of hydrogen-bond acceptors (Lipinski definition) is 4. The first-order chi connectivity index (χ1) is 13.5. The van der Waals surface area contributed by atoms with Crippen LogP contribution in [0.2, 0.25) is 0 Å². The SMILES string of the molecule is Cc1cc(=O)c(C(=O)NCCCN2CCCCC2C)nn1-c1ccccc1F. The molecule has 0 aliphatic carbocycles. The number of halogens is 1. The van der Waals surface area contributed by atoms with Crippen molar-refractivity contribution in [2.24, 2.45) is 0 Å². The summed E-state index contributed by atoms with van der Waals surface area (Å²) in [7, 11) is 0. The molecule has 1 aromatic heterocycles.